The Kier molecular flexibility index (Phi) is 4.68. The highest BCUT2D eigenvalue weighted by molar-refractivity contribution is 7.98. The Morgan fingerprint density at radius 1 is 1.15 bits per heavy atom. The highest BCUT2D eigenvalue weighted by Crippen LogP contribution is 2.20. The number of aromatic nitrogens is 6. The minimum absolute atomic E-state index is 0.189. The van der Waals surface area contributed by atoms with E-state index in [9.17, 15) is 4.79 Å². The highest BCUT2D eigenvalue weighted by Gasteiger charge is 2.10. The number of hydrogen-bond donors (Lipinski definition) is 1. The van der Waals surface area contributed by atoms with E-state index in [1.165, 1.54) is 11.8 Å². The Morgan fingerprint density at radius 2 is 2.00 bits per heavy atom. The summed E-state index contributed by atoms with van der Waals surface area (Å²) in [5.41, 5.74) is 1.49. The van der Waals surface area contributed by atoms with Crippen molar-refractivity contribution in [1.29, 1.82) is 0 Å². The van der Waals surface area contributed by atoms with Gasteiger partial charge in [0, 0.05) is 5.02 Å². The Morgan fingerprint density at radius 3 is 2.85 bits per heavy atom. The number of fused-ring (bicyclic) bond motifs is 1. The van der Waals surface area contributed by atoms with E-state index < -0.39 is 0 Å². The number of rotatable bonds is 5. The molecule has 0 aliphatic rings. The lowest BCUT2D eigenvalue weighted by Crippen LogP contribution is -2.11. The van der Waals surface area contributed by atoms with Crippen LogP contribution in [0.1, 0.15) is 11.4 Å². The molecule has 4 aromatic rings. The van der Waals surface area contributed by atoms with Crippen LogP contribution in [-0.4, -0.2) is 30.2 Å². The number of benzene rings is 2. The molecule has 0 saturated heterocycles. The average molecular weight is 385 g/mol. The molecule has 0 atom stereocenters. The van der Waals surface area contributed by atoms with Gasteiger partial charge in [-0.25, -0.2) is 9.67 Å². The first-order chi connectivity index (χ1) is 12.7. The summed E-state index contributed by atoms with van der Waals surface area (Å²) in [5.74, 6) is 0.983. The maximum Gasteiger partial charge on any atom is 0.258 e. The molecule has 7 nitrogen and oxygen atoms in total. The van der Waals surface area contributed by atoms with Crippen molar-refractivity contribution in [2.75, 3.05) is 0 Å². The maximum atomic E-state index is 12.2. The zero-order chi connectivity index (χ0) is 17.9. The largest absolute Gasteiger partial charge is 0.309 e. The van der Waals surface area contributed by atoms with Crippen molar-refractivity contribution >= 4 is 34.3 Å². The molecule has 130 valence electrons. The molecule has 4 rings (SSSR count). The van der Waals surface area contributed by atoms with Gasteiger partial charge >= 0.3 is 0 Å². The van der Waals surface area contributed by atoms with E-state index in [1.807, 2.05) is 30.3 Å². The fourth-order valence-electron chi connectivity index (χ4n) is 2.52. The number of nitrogens with one attached hydrogen (secondary N) is 1. The second kappa shape index (κ2) is 7.27. The molecule has 2 aromatic heterocycles. The van der Waals surface area contributed by atoms with Gasteiger partial charge in [0.05, 0.1) is 23.2 Å². The predicted octanol–water partition coefficient (Wildman–Crippen LogP) is 2.90. The van der Waals surface area contributed by atoms with Gasteiger partial charge in [-0.1, -0.05) is 53.7 Å². The maximum absolute atomic E-state index is 12.2. The average Bonchev–Trinajstić information content (AvgIpc) is 3.07. The summed E-state index contributed by atoms with van der Waals surface area (Å²) in [4.78, 5) is 19.5. The molecule has 0 aliphatic carbocycles. The Labute approximate surface area is 157 Å². The van der Waals surface area contributed by atoms with Gasteiger partial charge in [-0.2, -0.15) is 0 Å². The summed E-state index contributed by atoms with van der Waals surface area (Å²) in [6, 6.07) is 15.0. The second-order valence-electron chi connectivity index (χ2n) is 5.57. The third-order valence-electron chi connectivity index (χ3n) is 3.73. The second-order valence-corrected chi connectivity index (χ2v) is 6.95. The third kappa shape index (κ3) is 3.61. The topological polar surface area (TPSA) is 89.4 Å². The minimum Gasteiger partial charge on any atom is -0.309 e. The lowest BCUT2D eigenvalue weighted by molar-refractivity contribution is 0.602. The summed E-state index contributed by atoms with van der Waals surface area (Å²) in [5, 5.41) is 13.5. The fourth-order valence-corrected chi connectivity index (χ4v) is 3.43. The first-order valence-corrected chi connectivity index (χ1v) is 9.17. The number of aromatic amines is 1. The van der Waals surface area contributed by atoms with Crippen LogP contribution in [0.25, 0.3) is 10.9 Å². The summed E-state index contributed by atoms with van der Waals surface area (Å²) >= 11 is 7.40. The molecule has 26 heavy (non-hydrogen) atoms. The molecule has 2 heterocycles. The Hall–Kier alpha value is -2.71. The van der Waals surface area contributed by atoms with Gasteiger partial charge < -0.3 is 4.98 Å². The normalized spacial score (nSPS) is 11.1. The zero-order valence-electron chi connectivity index (χ0n) is 13.5. The van der Waals surface area contributed by atoms with E-state index in [0.29, 0.717) is 39.2 Å². The molecule has 2 aromatic carbocycles. The van der Waals surface area contributed by atoms with E-state index in [-0.39, 0.29) is 5.56 Å². The quantitative estimate of drug-likeness (QED) is 0.532. The number of thioether (sulfide) groups is 1. The van der Waals surface area contributed by atoms with Crippen LogP contribution in [0.2, 0.25) is 5.02 Å². The van der Waals surface area contributed by atoms with Gasteiger partial charge in [0.1, 0.15) is 5.82 Å². The molecule has 0 unspecified atom stereocenters. The van der Waals surface area contributed by atoms with Gasteiger partial charge in [-0.3, -0.25) is 4.79 Å². The molecule has 0 bridgehead atoms. The van der Waals surface area contributed by atoms with Crippen molar-refractivity contribution in [2.24, 2.45) is 0 Å². The lowest BCUT2D eigenvalue weighted by Gasteiger charge is -2.05. The van der Waals surface area contributed by atoms with Gasteiger partial charge in [-0.05, 0) is 34.2 Å². The number of nitrogens with zero attached hydrogens (tertiary/aromatic N) is 5. The molecular weight excluding hydrogens is 372 g/mol. The third-order valence-corrected chi connectivity index (χ3v) is 4.93. The van der Waals surface area contributed by atoms with Crippen molar-refractivity contribution in [3.05, 3.63) is 75.3 Å². The van der Waals surface area contributed by atoms with Crippen molar-refractivity contribution in [3.63, 3.8) is 0 Å². The predicted molar refractivity (Wildman–Crippen MR) is 100 cm³/mol. The molecule has 0 amide bonds. The van der Waals surface area contributed by atoms with Crippen LogP contribution in [0.5, 0.6) is 0 Å². The molecule has 0 spiro atoms. The van der Waals surface area contributed by atoms with Crippen LogP contribution in [0.3, 0.4) is 0 Å². The molecular formula is C17H13ClN6OS. The molecule has 1 N–H and O–H groups in total. The fraction of sp³-hybridized carbons (Fsp3) is 0.118. The van der Waals surface area contributed by atoms with Gasteiger partial charge in [-0.15, -0.1) is 5.10 Å². The summed E-state index contributed by atoms with van der Waals surface area (Å²) < 4.78 is 1.72. The van der Waals surface area contributed by atoms with Crippen molar-refractivity contribution in [1.82, 2.24) is 30.2 Å². The standard InChI is InChI=1S/C17H13ClN6OS/c18-12-6-7-13-14(8-12)19-15(20-16(13)25)10-26-17-21-22-23-24(17)9-11-4-2-1-3-5-11/h1-8H,9-10H2,(H,19,20,25). The van der Waals surface area contributed by atoms with Crippen LogP contribution in [0, 0.1) is 0 Å². The van der Waals surface area contributed by atoms with Crippen LogP contribution < -0.4 is 5.56 Å². The molecule has 0 fully saturated rings. The van der Waals surface area contributed by atoms with E-state index in [1.54, 1.807) is 22.9 Å². The lowest BCUT2D eigenvalue weighted by atomic mass is 10.2. The number of tetrazole rings is 1. The van der Waals surface area contributed by atoms with Crippen LogP contribution in [0.15, 0.2) is 58.5 Å². The van der Waals surface area contributed by atoms with Crippen LogP contribution in [0.4, 0.5) is 0 Å². The zero-order valence-corrected chi connectivity index (χ0v) is 15.0. The SMILES string of the molecule is O=c1[nH]c(CSc2nnnn2Cc2ccccc2)nc2cc(Cl)ccc12. The minimum atomic E-state index is -0.189. The van der Waals surface area contributed by atoms with Gasteiger partial charge in [0.15, 0.2) is 0 Å². The molecule has 0 saturated carbocycles. The Bertz CT molecular complexity index is 1110. The smallest absolute Gasteiger partial charge is 0.258 e. The van der Waals surface area contributed by atoms with E-state index in [4.69, 9.17) is 11.6 Å². The molecule has 9 heteroatoms. The van der Waals surface area contributed by atoms with E-state index in [2.05, 4.69) is 25.5 Å². The summed E-state index contributed by atoms with van der Waals surface area (Å²) in [6.07, 6.45) is 0. The molecule has 0 aliphatic heterocycles. The highest BCUT2D eigenvalue weighted by atomic mass is 35.5. The van der Waals surface area contributed by atoms with Gasteiger partial charge in [0.25, 0.3) is 5.56 Å². The summed E-state index contributed by atoms with van der Waals surface area (Å²) in [6.45, 7) is 0.577. The molecule has 0 radical (unpaired) electrons. The Balaban J connectivity index is 1.54. The number of halogens is 1. The van der Waals surface area contributed by atoms with E-state index in [0.717, 1.165) is 5.56 Å². The van der Waals surface area contributed by atoms with E-state index >= 15 is 0 Å². The number of H-pyrrole nitrogens is 1. The van der Waals surface area contributed by atoms with Crippen LogP contribution in [-0.2, 0) is 12.3 Å². The van der Waals surface area contributed by atoms with Crippen LogP contribution >= 0.6 is 23.4 Å². The first kappa shape index (κ1) is 16.7. The number of hydrogen-bond acceptors (Lipinski definition) is 6. The van der Waals surface area contributed by atoms with Crippen molar-refractivity contribution in [2.45, 2.75) is 17.5 Å². The first-order valence-electron chi connectivity index (χ1n) is 7.80. The van der Waals surface area contributed by atoms with Crippen molar-refractivity contribution in [3.8, 4) is 0 Å². The van der Waals surface area contributed by atoms with Crippen molar-refractivity contribution < 1.29 is 0 Å². The monoisotopic (exact) mass is 384 g/mol. The van der Waals surface area contributed by atoms with Gasteiger partial charge in [0.2, 0.25) is 5.16 Å². The summed E-state index contributed by atoms with van der Waals surface area (Å²) in [7, 11) is 0.